The first kappa shape index (κ1) is 24.4. The van der Waals surface area contributed by atoms with Crippen molar-refractivity contribution < 1.29 is 36.6 Å². The maximum absolute atomic E-state index is 14.4. The van der Waals surface area contributed by atoms with E-state index < -0.39 is 46.5 Å². The van der Waals surface area contributed by atoms with Crippen LogP contribution >= 0.6 is 0 Å². The highest BCUT2D eigenvalue weighted by Crippen LogP contribution is 2.31. The molecule has 2 aromatic carbocycles. The van der Waals surface area contributed by atoms with E-state index in [0.717, 1.165) is 0 Å². The lowest BCUT2D eigenvalue weighted by Crippen LogP contribution is -2.28. The van der Waals surface area contributed by atoms with Gasteiger partial charge in [-0.15, -0.1) is 0 Å². The van der Waals surface area contributed by atoms with E-state index in [1.165, 1.54) is 43.5 Å². The van der Waals surface area contributed by atoms with Crippen molar-refractivity contribution >= 4 is 11.9 Å². The van der Waals surface area contributed by atoms with Gasteiger partial charge < -0.3 is 14.8 Å². The van der Waals surface area contributed by atoms with Crippen molar-refractivity contribution in [3.63, 3.8) is 0 Å². The average Bonchev–Trinajstić information content (AvgIpc) is 2.79. The van der Waals surface area contributed by atoms with Crippen LogP contribution in [0.25, 0.3) is 0 Å². The van der Waals surface area contributed by atoms with Gasteiger partial charge in [0.25, 0.3) is 5.91 Å². The topological polar surface area (TPSA) is 64.6 Å². The molecular weight excluding hydrogens is 430 g/mol. The summed E-state index contributed by atoms with van der Waals surface area (Å²) in [5, 5.41) is 2.16. The molecule has 0 saturated heterocycles. The summed E-state index contributed by atoms with van der Waals surface area (Å²) in [6, 6.07) is 5.34. The predicted molar refractivity (Wildman–Crippen MR) is 110 cm³/mol. The SMILES string of the molecule is C=C/C=C(\C=C/C)CNC(=O)c1c(F)c(F)c(OC(=O)c2cccc(OC)c2)c(F)c1F. The van der Waals surface area contributed by atoms with Crippen LogP contribution < -0.4 is 14.8 Å². The van der Waals surface area contributed by atoms with Crippen LogP contribution in [0.5, 0.6) is 11.5 Å². The van der Waals surface area contributed by atoms with Crippen LogP contribution in [0.15, 0.2) is 60.7 Å². The molecule has 0 fully saturated rings. The molecule has 0 spiro atoms. The maximum atomic E-state index is 14.4. The summed E-state index contributed by atoms with van der Waals surface area (Å²) in [6.45, 7) is 5.01. The Bertz CT molecular complexity index is 1080. The van der Waals surface area contributed by atoms with E-state index in [9.17, 15) is 27.2 Å². The van der Waals surface area contributed by atoms with Gasteiger partial charge in [-0.1, -0.05) is 36.9 Å². The molecule has 1 N–H and O–H groups in total. The predicted octanol–water partition coefficient (Wildman–Crippen LogP) is 4.89. The zero-order valence-corrected chi connectivity index (χ0v) is 17.2. The Kier molecular flexibility index (Phi) is 8.34. The molecule has 0 heterocycles. The van der Waals surface area contributed by atoms with Crippen LogP contribution in [0.4, 0.5) is 17.6 Å². The Morgan fingerprint density at radius 2 is 1.75 bits per heavy atom. The Labute approximate surface area is 181 Å². The molecule has 1 amide bonds. The first-order chi connectivity index (χ1) is 15.2. The van der Waals surface area contributed by atoms with Gasteiger partial charge in [-0.05, 0) is 30.7 Å². The standard InChI is InChI=1S/C23H19F4NO4/c1-4-7-13(8-5-2)12-28-22(29)16-17(24)19(26)21(20(27)18(16)25)32-23(30)14-9-6-10-15(11-14)31-3/h4-11H,1,12H2,2-3H3,(H,28,29)/b8-5-,13-7+. The number of rotatable bonds is 8. The van der Waals surface area contributed by atoms with Crippen molar-refractivity contribution in [1.29, 1.82) is 0 Å². The molecule has 0 saturated carbocycles. The fourth-order valence-corrected chi connectivity index (χ4v) is 2.61. The molecule has 2 aromatic rings. The third kappa shape index (κ3) is 5.42. The van der Waals surface area contributed by atoms with E-state index in [1.54, 1.807) is 19.1 Å². The quantitative estimate of drug-likeness (QED) is 0.205. The smallest absolute Gasteiger partial charge is 0.343 e. The first-order valence-corrected chi connectivity index (χ1v) is 9.19. The van der Waals surface area contributed by atoms with Crippen molar-refractivity contribution in [1.82, 2.24) is 5.32 Å². The van der Waals surface area contributed by atoms with Crippen molar-refractivity contribution in [2.24, 2.45) is 0 Å². The Balaban J connectivity index is 2.34. The van der Waals surface area contributed by atoms with Gasteiger partial charge >= 0.3 is 5.97 Å². The van der Waals surface area contributed by atoms with E-state index in [0.29, 0.717) is 5.57 Å². The Morgan fingerprint density at radius 1 is 1.09 bits per heavy atom. The highest BCUT2D eigenvalue weighted by atomic mass is 19.2. The number of amides is 1. The Morgan fingerprint density at radius 3 is 2.31 bits per heavy atom. The first-order valence-electron chi connectivity index (χ1n) is 9.19. The van der Waals surface area contributed by atoms with Gasteiger partial charge in [0.05, 0.1) is 12.7 Å². The minimum Gasteiger partial charge on any atom is -0.497 e. The van der Waals surface area contributed by atoms with Crippen LogP contribution in [0.2, 0.25) is 0 Å². The van der Waals surface area contributed by atoms with Gasteiger partial charge in [0.15, 0.2) is 11.6 Å². The fraction of sp³-hybridized carbons (Fsp3) is 0.130. The molecule has 0 aliphatic carbocycles. The van der Waals surface area contributed by atoms with E-state index in [4.69, 9.17) is 4.74 Å². The molecule has 168 valence electrons. The van der Waals surface area contributed by atoms with E-state index in [2.05, 4.69) is 16.6 Å². The van der Waals surface area contributed by atoms with Gasteiger partial charge in [-0.3, -0.25) is 4.79 Å². The van der Waals surface area contributed by atoms with Crippen molar-refractivity contribution in [3.05, 3.63) is 95.1 Å². The summed E-state index contributed by atoms with van der Waals surface area (Å²) in [5.41, 5.74) is -1.16. The van der Waals surface area contributed by atoms with E-state index >= 15 is 0 Å². The highest BCUT2D eigenvalue weighted by molar-refractivity contribution is 5.95. The second-order valence-corrected chi connectivity index (χ2v) is 6.24. The third-order valence-electron chi connectivity index (χ3n) is 4.12. The molecule has 9 heteroatoms. The summed E-state index contributed by atoms with van der Waals surface area (Å²) in [4.78, 5) is 24.4. The van der Waals surface area contributed by atoms with Crippen molar-refractivity contribution in [2.75, 3.05) is 13.7 Å². The van der Waals surface area contributed by atoms with Gasteiger partial charge in [-0.25, -0.2) is 13.6 Å². The number of carbonyl (C=O) groups excluding carboxylic acids is 2. The van der Waals surface area contributed by atoms with Crippen LogP contribution in [0.1, 0.15) is 27.6 Å². The van der Waals surface area contributed by atoms with Crippen molar-refractivity contribution in [3.8, 4) is 11.5 Å². The van der Waals surface area contributed by atoms with Crippen LogP contribution in [-0.4, -0.2) is 25.5 Å². The number of benzene rings is 2. The zero-order chi connectivity index (χ0) is 23.8. The minimum absolute atomic E-state index is 0.184. The normalized spacial score (nSPS) is 11.4. The molecule has 0 aliphatic rings. The van der Waals surface area contributed by atoms with E-state index in [-0.39, 0.29) is 17.9 Å². The van der Waals surface area contributed by atoms with Crippen LogP contribution in [0, 0.1) is 23.3 Å². The van der Waals surface area contributed by atoms with E-state index in [1.807, 2.05) is 0 Å². The molecule has 0 aliphatic heterocycles. The largest absolute Gasteiger partial charge is 0.497 e. The summed E-state index contributed by atoms with van der Waals surface area (Å²) < 4.78 is 67.2. The summed E-state index contributed by atoms with van der Waals surface area (Å²) >= 11 is 0. The van der Waals surface area contributed by atoms with Gasteiger partial charge in [0.1, 0.15) is 11.3 Å². The third-order valence-corrected chi connectivity index (χ3v) is 4.12. The number of carbonyl (C=O) groups is 2. The average molecular weight is 449 g/mol. The number of allylic oxidation sites excluding steroid dienone is 3. The molecule has 0 aromatic heterocycles. The van der Waals surface area contributed by atoms with Crippen LogP contribution in [-0.2, 0) is 0 Å². The minimum atomic E-state index is -2.03. The number of hydrogen-bond donors (Lipinski definition) is 1. The number of esters is 1. The fourth-order valence-electron chi connectivity index (χ4n) is 2.61. The molecular formula is C23H19F4NO4. The monoisotopic (exact) mass is 449 g/mol. The molecule has 5 nitrogen and oxygen atoms in total. The van der Waals surface area contributed by atoms with Gasteiger partial charge in [0.2, 0.25) is 17.4 Å². The number of halogens is 4. The molecule has 0 atom stereocenters. The second kappa shape index (κ2) is 10.9. The molecule has 32 heavy (non-hydrogen) atoms. The molecule has 0 radical (unpaired) electrons. The summed E-state index contributed by atoms with van der Waals surface area (Å²) in [7, 11) is 1.33. The van der Waals surface area contributed by atoms with Crippen LogP contribution in [0.3, 0.4) is 0 Å². The van der Waals surface area contributed by atoms with Crippen molar-refractivity contribution in [2.45, 2.75) is 6.92 Å². The second-order valence-electron chi connectivity index (χ2n) is 6.24. The molecule has 0 unspecified atom stereocenters. The summed E-state index contributed by atoms with van der Waals surface area (Å²) in [5.74, 6) is -12.1. The number of methoxy groups -OCH3 is 1. The van der Waals surface area contributed by atoms with Gasteiger partial charge in [-0.2, -0.15) is 8.78 Å². The number of ether oxygens (including phenoxy) is 2. The lowest BCUT2D eigenvalue weighted by Gasteiger charge is -2.13. The molecule has 2 rings (SSSR count). The lowest BCUT2D eigenvalue weighted by molar-refractivity contribution is 0.0716. The number of hydrogen-bond acceptors (Lipinski definition) is 4. The summed E-state index contributed by atoms with van der Waals surface area (Å²) in [6.07, 6.45) is 6.19. The Hall–Kier alpha value is -3.88. The van der Waals surface area contributed by atoms with Gasteiger partial charge in [0, 0.05) is 6.54 Å². The zero-order valence-electron chi connectivity index (χ0n) is 17.2. The maximum Gasteiger partial charge on any atom is 0.343 e. The highest BCUT2D eigenvalue weighted by Gasteiger charge is 2.31. The molecule has 0 bridgehead atoms. The number of nitrogens with one attached hydrogen (secondary N) is 1. The lowest BCUT2D eigenvalue weighted by atomic mass is 10.1.